The van der Waals surface area contributed by atoms with Crippen LogP contribution in [0.5, 0.6) is 0 Å². The highest BCUT2D eigenvalue weighted by Gasteiger charge is 2.17. The van der Waals surface area contributed by atoms with Gasteiger partial charge in [-0.2, -0.15) is 12.6 Å². The van der Waals surface area contributed by atoms with Crippen molar-refractivity contribution in [1.82, 2.24) is 0 Å². The number of nitrogens with two attached hydrogens (primary N) is 5. The molecule has 0 rings (SSSR count). The highest BCUT2D eigenvalue weighted by Crippen LogP contribution is 2.04. The quantitative estimate of drug-likeness (QED) is 0.131. The van der Waals surface area contributed by atoms with Crippen LogP contribution in [0.2, 0.25) is 0 Å². The maximum absolute atomic E-state index is 10.2. The molecule has 6 atom stereocenters. The summed E-state index contributed by atoms with van der Waals surface area (Å²) in [6, 6.07) is -3.40. The van der Waals surface area contributed by atoms with Crippen molar-refractivity contribution in [1.29, 1.82) is 0 Å². The van der Waals surface area contributed by atoms with Gasteiger partial charge in [0.25, 0.3) is 0 Å². The molecule has 0 aromatic carbocycles. The summed E-state index contributed by atoms with van der Waals surface area (Å²) in [6.45, 7) is 6.23. The fourth-order valence-electron chi connectivity index (χ4n) is 0.782. The maximum atomic E-state index is 10.2. The fourth-order valence-corrected chi connectivity index (χ4v) is 0.938. The van der Waals surface area contributed by atoms with E-state index in [1.165, 1.54) is 13.8 Å². The van der Waals surface area contributed by atoms with E-state index in [2.05, 4.69) is 18.4 Å². The van der Waals surface area contributed by atoms with E-state index in [1.54, 1.807) is 0 Å². The standard InChI is InChI=1S/C6H13NO2.C4H9NO3.C3H7NO2S.C3H7NO2.C2H5NO2/c1-3-4(2)5(7)6(8)9;1-2(6)3(5)4(7)8;4-2(1-7)3(5)6;1-2(4)3(5)6;3-1-2(4)5/h4-5H,3,7H2,1-2H3,(H,8,9);2-3,6H,5H2,1H3,(H,7,8);2,7H,1,4H2,(H,5,6);2H,4H2,1H3,(H,5,6);1,3H2,(H,4,5). The highest BCUT2D eigenvalue weighted by molar-refractivity contribution is 7.80. The second-order valence-electron chi connectivity index (χ2n) is 6.71. The lowest BCUT2D eigenvalue weighted by Crippen LogP contribution is -2.39. The van der Waals surface area contributed by atoms with Crippen molar-refractivity contribution in [2.24, 2.45) is 34.6 Å². The van der Waals surface area contributed by atoms with Gasteiger partial charge in [-0.05, 0) is 19.8 Å². The van der Waals surface area contributed by atoms with Gasteiger partial charge in [0.15, 0.2) is 0 Å². The Labute approximate surface area is 208 Å². The largest absolute Gasteiger partial charge is 0.480 e. The molecule has 0 saturated carbocycles. The van der Waals surface area contributed by atoms with E-state index in [-0.39, 0.29) is 18.2 Å². The molecule has 0 amide bonds. The molecule has 6 unspecified atom stereocenters. The van der Waals surface area contributed by atoms with Crippen LogP contribution in [0, 0.1) is 5.92 Å². The molecule has 0 bridgehead atoms. The molecule has 35 heavy (non-hydrogen) atoms. The van der Waals surface area contributed by atoms with Crippen LogP contribution in [0.1, 0.15) is 34.1 Å². The molecule has 0 aromatic heterocycles. The van der Waals surface area contributed by atoms with Crippen LogP contribution in [-0.2, 0) is 24.0 Å². The predicted octanol–water partition coefficient (Wildman–Crippen LogP) is -3.00. The zero-order valence-electron chi connectivity index (χ0n) is 20.1. The average molecular weight is 536 g/mol. The Morgan fingerprint density at radius 2 is 1.06 bits per heavy atom. The highest BCUT2D eigenvalue weighted by atomic mass is 32.1. The number of aliphatic hydroxyl groups excluding tert-OH is 1. The van der Waals surface area contributed by atoms with E-state index in [4.69, 9.17) is 53.6 Å². The molecule has 16 nitrogen and oxygen atoms in total. The topological polar surface area (TPSA) is 337 Å². The minimum Gasteiger partial charge on any atom is -0.480 e. The van der Waals surface area contributed by atoms with Crippen molar-refractivity contribution in [3.63, 3.8) is 0 Å². The Balaban J connectivity index is -0.000000109. The van der Waals surface area contributed by atoms with Crippen LogP contribution >= 0.6 is 12.6 Å². The average Bonchev–Trinajstić information content (AvgIpc) is 2.77. The van der Waals surface area contributed by atoms with E-state index < -0.39 is 60.1 Å². The van der Waals surface area contributed by atoms with Gasteiger partial charge in [-0.1, -0.05) is 20.3 Å². The van der Waals surface area contributed by atoms with Crippen LogP contribution < -0.4 is 28.7 Å². The second-order valence-corrected chi connectivity index (χ2v) is 7.07. The number of carboxylic acid groups (broad SMARTS) is 5. The Kier molecular flexibility index (Phi) is 31.7. The summed E-state index contributed by atoms with van der Waals surface area (Å²) in [7, 11) is 0. The van der Waals surface area contributed by atoms with Gasteiger partial charge in [0, 0.05) is 5.75 Å². The number of hydrogen-bond donors (Lipinski definition) is 12. The molecule has 0 aliphatic carbocycles. The van der Waals surface area contributed by atoms with Crippen LogP contribution in [0.4, 0.5) is 0 Å². The summed E-state index contributed by atoms with van der Waals surface area (Å²) >= 11 is 3.65. The smallest absolute Gasteiger partial charge is 0.323 e. The van der Waals surface area contributed by atoms with Crippen molar-refractivity contribution in [2.75, 3.05) is 12.3 Å². The zero-order chi connectivity index (χ0) is 29.5. The van der Waals surface area contributed by atoms with Crippen molar-refractivity contribution in [3.8, 4) is 0 Å². The molecule has 0 heterocycles. The first-order chi connectivity index (χ1) is 15.7. The number of rotatable bonds is 9. The summed E-state index contributed by atoms with van der Waals surface area (Å²) in [5.41, 5.74) is 24.5. The lowest BCUT2D eigenvalue weighted by atomic mass is 10.0. The van der Waals surface area contributed by atoms with Gasteiger partial charge in [0.1, 0.15) is 24.2 Å². The number of carbonyl (C=O) groups is 5. The number of hydrogen-bond acceptors (Lipinski definition) is 12. The first-order valence-corrected chi connectivity index (χ1v) is 10.5. The Morgan fingerprint density at radius 3 is 1.09 bits per heavy atom. The first kappa shape index (κ1) is 42.6. The summed E-state index contributed by atoms with van der Waals surface area (Å²) in [5.74, 6) is -4.77. The normalized spacial score (nSPS) is 14.4. The molecular weight excluding hydrogens is 494 g/mol. The third kappa shape index (κ3) is 36.2. The zero-order valence-corrected chi connectivity index (χ0v) is 21.0. The molecule has 0 fully saturated rings. The van der Waals surface area contributed by atoms with Crippen LogP contribution in [0.15, 0.2) is 0 Å². The third-order valence-electron chi connectivity index (χ3n) is 3.43. The third-order valence-corrected chi connectivity index (χ3v) is 3.82. The molecule has 0 radical (unpaired) electrons. The molecular formula is C18H41N5O11S. The minimum absolute atomic E-state index is 0.0718. The minimum atomic E-state index is -1.18. The molecule has 0 aromatic rings. The summed E-state index contributed by atoms with van der Waals surface area (Å²) in [5, 5.41) is 48.4. The first-order valence-electron chi connectivity index (χ1n) is 9.89. The number of thiol groups is 1. The number of aliphatic carboxylic acids is 5. The fraction of sp³-hybridized carbons (Fsp3) is 0.722. The van der Waals surface area contributed by atoms with Crippen LogP contribution in [0.25, 0.3) is 0 Å². The molecule has 210 valence electrons. The van der Waals surface area contributed by atoms with Gasteiger partial charge in [-0.15, -0.1) is 0 Å². The maximum Gasteiger partial charge on any atom is 0.323 e. The second kappa shape index (κ2) is 26.1. The predicted molar refractivity (Wildman–Crippen MR) is 130 cm³/mol. The molecule has 0 aliphatic heterocycles. The summed E-state index contributed by atoms with van der Waals surface area (Å²) in [6.07, 6.45) is -0.166. The molecule has 0 aliphatic rings. The van der Waals surface area contributed by atoms with Gasteiger partial charge in [-0.3, -0.25) is 24.0 Å². The molecule has 0 saturated heterocycles. The van der Waals surface area contributed by atoms with Gasteiger partial charge >= 0.3 is 29.8 Å². The van der Waals surface area contributed by atoms with Gasteiger partial charge in [-0.25, -0.2) is 0 Å². The number of aliphatic hydroxyl groups is 1. The lowest BCUT2D eigenvalue weighted by molar-refractivity contribution is -0.141. The molecule has 17 heteroatoms. The number of carboxylic acids is 5. The Bertz CT molecular complexity index is 609. The van der Waals surface area contributed by atoms with E-state index >= 15 is 0 Å². The van der Waals surface area contributed by atoms with Gasteiger partial charge < -0.3 is 59.3 Å². The molecule has 0 spiro atoms. The Morgan fingerprint density at radius 1 is 0.743 bits per heavy atom. The van der Waals surface area contributed by atoms with Crippen molar-refractivity contribution >= 4 is 42.5 Å². The summed E-state index contributed by atoms with van der Waals surface area (Å²) in [4.78, 5) is 48.6. The van der Waals surface area contributed by atoms with Crippen molar-refractivity contribution in [3.05, 3.63) is 0 Å². The van der Waals surface area contributed by atoms with E-state index in [0.29, 0.717) is 0 Å². The van der Waals surface area contributed by atoms with E-state index in [1.807, 2.05) is 13.8 Å². The summed E-state index contributed by atoms with van der Waals surface area (Å²) < 4.78 is 0. The van der Waals surface area contributed by atoms with Crippen molar-refractivity contribution in [2.45, 2.75) is 64.4 Å². The lowest BCUT2D eigenvalue weighted by Gasteiger charge is -2.11. The van der Waals surface area contributed by atoms with Gasteiger partial charge in [0.2, 0.25) is 0 Å². The monoisotopic (exact) mass is 535 g/mol. The van der Waals surface area contributed by atoms with E-state index in [0.717, 1.165) is 6.42 Å². The van der Waals surface area contributed by atoms with Crippen LogP contribution in [-0.4, -0.2) is 103 Å². The molecule has 16 N–H and O–H groups in total. The van der Waals surface area contributed by atoms with Crippen molar-refractivity contribution < 1.29 is 54.6 Å². The van der Waals surface area contributed by atoms with Gasteiger partial charge in [0.05, 0.1) is 12.6 Å². The van der Waals surface area contributed by atoms with Crippen LogP contribution in [0.3, 0.4) is 0 Å². The Hall–Kier alpha value is -2.54. The van der Waals surface area contributed by atoms with E-state index in [9.17, 15) is 24.0 Å². The SMILES string of the molecule is CC(N)C(=O)O.CC(O)C(N)C(=O)O.CCC(C)C(N)C(=O)O.NC(CS)C(=O)O.NCC(=O)O.